The number of rotatable bonds is 7. The van der Waals surface area contributed by atoms with Crippen molar-refractivity contribution >= 4 is 6.29 Å². The van der Waals surface area contributed by atoms with Crippen molar-refractivity contribution in [3.8, 4) is 0 Å². The van der Waals surface area contributed by atoms with Crippen molar-refractivity contribution < 1.29 is 4.79 Å². The Balaban J connectivity index is 3.08. The Morgan fingerprint density at radius 3 is 2.25 bits per heavy atom. The Morgan fingerprint density at radius 1 is 0.917 bits per heavy atom. The summed E-state index contributed by atoms with van der Waals surface area (Å²) in [5.74, 6) is 0. The second kappa shape index (κ2) is 10.2. The molecule has 0 aromatic rings. The fourth-order valence-corrected chi connectivity index (χ4v) is 0.914. The fraction of sp³-hybridized carbons (Fsp3) is 0.545. The van der Waals surface area contributed by atoms with E-state index in [-0.39, 0.29) is 0 Å². The van der Waals surface area contributed by atoms with Gasteiger partial charge in [-0.05, 0) is 32.6 Å². The third-order valence-corrected chi connectivity index (χ3v) is 1.60. The van der Waals surface area contributed by atoms with Crippen LogP contribution in [0.25, 0.3) is 0 Å². The summed E-state index contributed by atoms with van der Waals surface area (Å²) in [5, 5.41) is 0. The monoisotopic (exact) mass is 166 g/mol. The molecule has 0 aliphatic rings. The van der Waals surface area contributed by atoms with Gasteiger partial charge in [0.15, 0.2) is 0 Å². The van der Waals surface area contributed by atoms with E-state index in [1.807, 2.05) is 6.92 Å². The van der Waals surface area contributed by atoms with E-state index in [1.54, 1.807) is 0 Å². The molecule has 1 nitrogen and oxygen atoms in total. The number of unbranched alkanes of at least 4 members (excludes halogenated alkanes) is 3. The number of hydrogen-bond donors (Lipinski definition) is 0. The molecule has 0 aromatic carbocycles. The quantitative estimate of drug-likeness (QED) is 0.322. The molecule has 12 heavy (non-hydrogen) atoms. The van der Waals surface area contributed by atoms with E-state index in [4.69, 9.17) is 0 Å². The average molecular weight is 166 g/mol. The molecule has 0 fully saturated rings. The highest BCUT2D eigenvalue weighted by Crippen LogP contribution is 1.97. The SMILES string of the molecule is CC=CCCC=CCCCC=O. The predicted octanol–water partition coefficient (Wildman–Crippen LogP) is 3.27. The van der Waals surface area contributed by atoms with Gasteiger partial charge in [0.1, 0.15) is 6.29 Å². The lowest BCUT2D eigenvalue weighted by molar-refractivity contribution is -0.107. The van der Waals surface area contributed by atoms with Gasteiger partial charge >= 0.3 is 0 Å². The Labute approximate surface area is 75.2 Å². The Kier molecular flexibility index (Phi) is 9.43. The van der Waals surface area contributed by atoms with Gasteiger partial charge in [-0.3, -0.25) is 0 Å². The molecule has 0 atom stereocenters. The molecule has 0 heterocycles. The molecule has 0 N–H and O–H groups in total. The molecule has 0 saturated carbocycles. The zero-order valence-electron chi connectivity index (χ0n) is 7.83. The number of allylic oxidation sites excluding steroid dienone is 4. The standard InChI is InChI=1S/C11H18O/c1-2-3-4-5-6-7-8-9-10-11-12/h2-3,6-7,11H,4-5,8-10H2,1H3. The Morgan fingerprint density at radius 2 is 1.58 bits per heavy atom. The van der Waals surface area contributed by atoms with Crippen molar-refractivity contribution in [1.82, 2.24) is 0 Å². The lowest BCUT2D eigenvalue weighted by Crippen LogP contribution is -1.73. The molecule has 1 heteroatoms. The van der Waals surface area contributed by atoms with Crippen LogP contribution in [0.1, 0.15) is 39.0 Å². The highest BCUT2D eigenvalue weighted by atomic mass is 16.1. The zero-order chi connectivity index (χ0) is 9.07. The van der Waals surface area contributed by atoms with E-state index >= 15 is 0 Å². The molecule has 0 aromatic heterocycles. The summed E-state index contributed by atoms with van der Waals surface area (Å²) in [6.45, 7) is 2.04. The summed E-state index contributed by atoms with van der Waals surface area (Å²) in [7, 11) is 0. The van der Waals surface area contributed by atoms with Crippen LogP contribution in [0.2, 0.25) is 0 Å². The van der Waals surface area contributed by atoms with E-state index in [1.165, 1.54) is 0 Å². The molecule has 0 bridgehead atoms. The molecule has 0 aliphatic carbocycles. The highest BCUT2D eigenvalue weighted by molar-refractivity contribution is 5.48. The third kappa shape index (κ3) is 9.15. The van der Waals surface area contributed by atoms with Gasteiger partial charge in [0, 0.05) is 6.42 Å². The zero-order valence-corrected chi connectivity index (χ0v) is 7.83. The Bertz CT molecular complexity index is 145. The van der Waals surface area contributed by atoms with Crippen molar-refractivity contribution in [2.24, 2.45) is 0 Å². The summed E-state index contributed by atoms with van der Waals surface area (Å²) in [6.07, 6.45) is 14.5. The van der Waals surface area contributed by atoms with Crippen LogP contribution in [0.5, 0.6) is 0 Å². The van der Waals surface area contributed by atoms with Gasteiger partial charge in [0.2, 0.25) is 0 Å². The van der Waals surface area contributed by atoms with Gasteiger partial charge in [-0.15, -0.1) is 0 Å². The number of carbonyl (C=O) groups excluding carboxylic acids is 1. The smallest absolute Gasteiger partial charge is 0.120 e. The van der Waals surface area contributed by atoms with Crippen LogP contribution in [0.15, 0.2) is 24.3 Å². The van der Waals surface area contributed by atoms with Gasteiger partial charge in [-0.25, -0.2) is 0 Å². The average Bonchev–Trinajstić information content (AvgIpc) is 2.10. The second-order valence-electron chi connectivity index (χ2n) is 2.72. The minimum absolute atomic E-state index is 0.694. The second-order valence-corrected chi connectivity index (χ2v) is 2.72. The lowest BCUT2D eigenvalue weighted by Gasteiger charge is -1.88. The molecular formula is C11H18O. The molecule has 0 aliphatic heterocycles. The molecule has 0 radical (unpaired) electrons. The first-order valence-electron chi connectivity index (χ1n) is 4.61. The van der Waals surface area contributed by atoms with E-state index in [2.05, 4.69) is 24.3 Å². The topological polar surface area (TPSA) is 17.1 Å². The van der Waals surface area contributed by atoms with Crippen LogP contribution >= 0.6 is 0 Å². The van der Waals surface area contributed by atoms with Crippen LogP contribution in [-0.2, 0) is 4.79 Å². The van der Waals surface area contributed by atoms with Gasteiger partial charge in [0.05, 0.1) is 0 Å². The van der Waals surface area contributed by atoms with Gasteiger partial charge in [0.25, 0.3) is 0 Å². The minimum Gasteiger partial charge on any atom is -0.303 e. The van der Waals surface area contributed by atoms with E-state index < -0.39 is 0 Å². The summed E-state index contributed by atoms with van der Waals surface area (Å²) in [5.41, 5.74) is 0. The predicted molar refractivity (Wildman–Crippen MR) is 53.1 cm³/mol. The van der Waals surface area contributed by atoms with Crippen LogP contribution in [-0.4, -0.2) is 6.29 Å². The molecule has 0 amide bonds. The first-order chi connectivity index (χ1) is 5.91. The first-order valence-corrected chi connectivity index (χ1v) is 4.61. The summed E-state index contributed by atoms with van der Waals surface area (Å²) in [6, 6.07) is 0. The third-order valence-electron chi connectivity index (χ3n) is 1.60. The normalized spacial score (nSPS) is 11.4. The van der Waals surface area contributed by atoms with E-state index in [0.717, 1.165) is 32.0 Å². The number of hydrogen-bond acceptors (Lipinski definition) is 1. The van der Waals surface area contributed by atoms with Crippen LogP contribution in [0, 0.1) is 0 Å². The maximum absolute atomic E-state index is 9.95. The van der Waals surface area contributed by atoms with E-state index in [0.29, 0.717) is 6.42 Å². The van der Waals surface area contributed by atoms with E-state index in [9.17, 15) is 4.79 Å². The molecule has 0 rings (SSSR count). The van der Waals surface area contributed by atoms with Crippen molar-refractivity contribution in [1.29, 1.82) is 0 Å². The van der Waals surface area contributed by atoms with Crippen molar-refractivity contribution in [2.75, 3.05) is 0 Å². The number of carbonyl (C=O) groups is 1. The van der Waals surface area contributed by atoms with Crippen molar-refractivity contribution in [3.05, 3.63) is 24.3 Å². The molecule has 0 spiro atoms. The minimum atomic E-state index is 0.694. The first kappa shape index (κ1) is 11.2. The molecule has 0 saturated heterocycles. The number of aldehydes is 1. The summed E-state index contributed by atoms with van der Waals surface area (Å²) >= 11 is 0. The van der Waals surface area contributed by atoms with Crippen LogP contribution in [0.4, 0.5) is 0 Å². The lowest BCUT2D eigenvalue weighted by atomic mass is 10.2. The molecular weight excluding hydrogens is 148 g/mol. The highest BCUT2D eigenvalue weighted by Gasteiger charge is 1.81. The maximum atomic E-state index is 9.95. The van der Waals surface area contributed by atoms with Gasteiger partial charge < -0.3 is 4.79 Å². The summed E-state index contributed by atoms with van der Waals surface area (Å²) < 4.78 is 0. The summed E-state index contributed by atoms with van der Waals surface area (Å²) in [4.78, 5) is 9.95. The maximum Gasteiger partial charge on any atom is 0.120 e. The molecule has 0 unspecified atom stereocenters. The Hall–Kier alpha value is -0.850. The van der Waals surface area contributed by atoms with Crippen molar-refractivity contribution in [2.45, 2.75) is 39.0 Å². The largest absolute Gasteiger partial charge is 0.303 e. The van der Waals surface area contributed by atoms with Gasteiger partial charge in [-0.1, -0.05) is 24.3 Å². The van der Waals surface area contributed by atoms with Crippen LogP contribution < -0.4 is 0 Å². The van der Waals surface area contributed by atoms with Crippen LogP contribution in [0.3, 0.4) is 0 Å². The molecule has 68 valence electrons. The van der Waals surface area contributed by atoms with Crippen molar-refractivity contribution in [3.63, 3.8) is 0 Å². The van der Waals surface area contributed by atoms with Gasteiger partial charge in [-0.2, -0.15) is 0 Å². The fourth-order valence-electron chi connectivity index (χ4n) is 0.914.